The zero-order valence-corrected chi connectivity index (χ0v) is 19.8. The summed E-state index contributed by atoms with van der Waals surface area (Å²) in [6.07, 6.45) is 5.06. The van der Waals surface area contributed by atoms with E-state index in [1.54, 1.807) is 30.0 Å². The number of nitrogens with zero attached hydrogens (tertiary/aromatic N) is 1. The number of ether oxygens (including phenoxy) is 1. The number of anilines is 1. The third-order valence-corrected chi connectivity index (χ3v) is 6.37. The minimum Gasteiger partial charge on any atom is -0.459 e. The summed E-state index contributed by atoms with van der Waals surface area (Å²) in [7, 11) is 0. The molecule has 2 aromatic rings. The Balaban J connectivity index is 1.83. The van der Waals surface area contributed by atoms with Crippen molar-refractivity contribution in [3.8, 4) is 0 Å². The monoisotopic (exact) mass is 463 g/mol. The third kappa shape index (κ3) is 8.36. The molecule has 1 amide bonds. The molecule has 1 heterocycles. The number of alkyl halides is 1. The molecule has 32 heavy (non-hydrogen) atoms. The summed E-state index contributed by atoms with van der Waals surface area (Å²) >= 11 is 1.39. The smallest absolute Gasteiger partial charge is 0.348 e. The Hall–Kier alpha value is -2.25. The maximum atomic E-state index is 14.4. The molecule has 7 heteroatoms. The molecule has 5 nitrogen and oxygen atoms in total. The van der Waals surface area contributed by atoms with Gasteiger partial charge in [0, 0.05) is 24.0 Å². The summed E-state index contributed by atoms with van der Waals surface area (Å²) in [5.41, 5.74) is 1.45. The number of unbranched alkanes of at least 4 members (excludes halogenated alkanes) is 3. The third-order valence-electron chi connectivity index (χ3n) is 5.25. The van der Waals surface area contributed by atoms with E-state index in [1.807, 2.05) is 18.2 Å². The quantitative estimate of drug-likeness (QED) is 0.281. The second kappa shape index (κ2) is 14.0. The Morgan fingerprint density at radius 2 is 1.84 bits per heavy atom. The normalized spacial score (nSPS) is 11.9. The summed E-state index contributed by atoms with van der Waals surface area (Å²) in [6.45, 7) is 4.04. The molecule has 1 aromatic heterocycles. The maximum absolute atomic E-state index is 14.4. The van der Waals surface area contributed by atoms with Crippen molar-refractivity contribution in [3.63, 3.8) is 0 Å². The Morgan fingerprint density at radius 1 is 1.09 bits per heavy atom. The second-order valence-electron chi connectivity index (χ2n) is 7.81. The van der Waals surface area contributed by atoms with Gasteiger partial charge in [0.25, 0.3) is 0 Å². The molecule has 0 aliphatic heterocycles. The van der Waals surface area contributed by atoms with Crippen LogP contribution in [0.5, 0.6) is 0 Å². The van der Waals surface area contributed by atoms with E-state index in [0.717, 1.165) is 49.1 Å². The van der Waals surface area contributed by atoms with Gasteiger partial charge in [-0.2, -0.15) is 0 Å². The zero-order valence-electron chi connectivity index (χ0n) is 19.0. The van der Waals surface area contributed by atoms with Gasteiger partial charge < -0.3 is 14.7 Å². The largest absolute Gasteiger partial charge is 0.459 e. The first-order valence-corrected chi connectivity index (χ1v) is 12.2. The lowest BCUT2D eigenvalue weighted by atomic mass is 10.0. The van der Waals surface area contributed by atoms with Gasteiger partial charge in [-0.3, -0.25) is 4.79 Å². The molecular formula is C25H34FNO4S. The van der Waals surface area contributed by atoms with Gasteiger partial charge in [0.05, 0.1) is 6.61 Å². The lowest BCUT2D eigenvalue weighted by Gasteiger charge is -2.22. The molecule has 0 aliphatic carbocycles. The van der Waals surface area contributed by atoms with Crippen LogP contribution in [0.4, 0.5) is 10.1 Å². The van der Waals surface area contributed by atoms with Crippen LogP contribution in [-0.4, -0.2) is 36.7 Å². The van der Waals surface area contributed by atoms with Crippen molar-refractivity contribution in [2.75, 3.05) is 24.7 Å². The molecule has 0 spiro atoms. The van der Waals surface area contributed by atoms with Crippen LogP contribution in [0.25, 0.3) is 0 Å². The van der Waals surface area contributed by atoms with Gasteiger partial charge in [-0.25, -0.2) is 9.18 Å². The summed E-state index contributed by atoms with van der Waals surface area (Å²) in [6, 6.07) is 10.9. The fourth-order valence-electron chi connectivity index (χ4n) is 3.47. The standard InChI is InChI=1S/C25H34FNO4S/c1-3-4-5-9-23(26)20-10-12-21(13-11-20)27(19(2)29)16-7-6-8-22-14-15-24(32-22)25(30)31-18-17-28/h10-15,23,28H,3-9,16-18H2,1-2H3. The number of carbonyl (C=O) groups excluding carboxylic acids is 2. The Kier molecular flexibility index (Phi) is 11.4. The number of aliphatic hydroxyl groups is 1. The summed E-state index contributed by atoms with van der Waals surface area (Å²) < 4.78 is 19.3. The Labute approximate surface area is 194 Å². The van der Waals surface area contributed by atoms with Crippen LogP contribution in [0.3, 0.4) is 0 Å². The van der Waals surface area contributed by atoms with Gasteiger partial charge in [-0.05, 0) is 55.5 Å². The Morgan fingerprint density at radius 3 is 2.50 bits per heavy atom. The van der Waals surface area contributed by atoms with E-state index >= 15 is 0 Å². The first-order valence-electron chi connectivity index (χ1n) is 11.3. The minimum atomic E-state index is -0.960. The number of benzene rings is 1. The van der Waals surface area contributed by atoms with Gasteiger partial charge in [0.2, 0.25) is 5.91 Å². The zero-order chi connectivity index (χ0) is 23.3. The summed E-state index contributed by atoms with van der Waals surface area (Å²) in [5, 5.41) is 8.74. The number of aliphatic hydroxyl groups excluding tert-OH is 1. The topological polar surface area (TPSA) is 66.8 Å². The van der Waals surface area contributed by atoms with E-state index in [-0.39, 0.29) is 19.1 Å². The van der Waals surface area contributed by atoms with Crippen LogP contribution < -0.4 is 4.90 Å². The van der Waals surface area contributed by atoms with E-state index in [2.05, 4.69) is 6.92 Å². The molecule has 0 aliphatic rings. The molecule has 0 saturated carbocycles. The fourth-order valence-corrected chi connectivity index (χ4v) is 4.42. The molecule has 0 saturated heterocycles. The highest BCUT2D eigenvalue weighted by molar-refractivity contribution is 7.13. The van der Waals surface area contributed by atoms with Crippen molar-refractivity contribution in [1.82, 2.24) is 0 Å². The number of carbonyl (C=O) groups is 2. The van der Waals surface area contributed by atoms with Crippen LogP contribution in [0, 0.1) is 0 Å². The van der Waals surface area contributed by atoms with Crippen LogP contribution in [0.15, 0.2) is 36.4 Å². The highest BCUT2D eigenvalue weighted by atomic mass is 32.1. The van der Waals surface area contributed by atoms with Crippen LogP contribution in [-0.2, 0) is 16.0 Å². The van der Waals surface area contributed by atoms with Crippen molar-refractivity contribution in [3.05, 3.63) is 51.7 Å². The van der Waals surface area contributed by atoms with Gasteiger partial charge >= 0.3 is 5.97 Å². The molecule has 0 radical (unpaired) electrons. The van der Waals surface area contributed by atoms with Crippen LogP contribution >= 0.6 is 11.3 Å². The average molecular weight is 464 g/mol. The van der Waals surface area contributed by atoms with E-state index in [4.69, 9.17) is 9.84 Å². The molecule has 1 atom stereocenters. The molecular weight excluding hydrogens is 429 g/mol. The highest BCUT2D eigenvalue weighted by Gasteiger charge is 2.14. The maximum Gasteiger partial charge on any atom is 0.348 e. The van der Waals surface area contributed by atoms with Gasteiger partial charge in [-0.15, -0.1) is 11.3 Å². The van der Waals surface area contributed by atoms with E-state index in [9.17, 15) is 14.0 Å². The Bertz CT molecular complexity index is 837. The molecule has 1 aromatic carbocycles. The van der Waals surface area contributed by atoms with Crippen molar-refractivity contribution in [1.29, 1.82) is 0 Å². The number of esters is 1. The lowest BCUT2D eigenvalue weighted by Crippen LogP contribution is -2.29. The SMILES string of the molecule is CCCCCC(F)c1ccc(N(CCCCc2ccc(C(=O)OCCO)s2)C(C)=O)cc1. The number of hydrogen-bond donors (Lipinski definition) is 1. The molecule has 176 valence electrons. The van der Waals surface area contributed by atoms with E-state index in [1.165, 1.54) is 11.3 Å². The number of hydrogen-bond acceptors (Lipinski definition) is 5. The first kappa shape index (κ1) is 26.0. The van der Waals surface area contributed by atoms with Gasteiger partial charge in [-0.1, -0.05) is 38.3 Å². The first-order chi connectivity index (χ1) is 15.5. The predicted octanol–water partition coefficient (Wildman–Crippen LogP) is 5.86. The van der Waals surface area contributed by atoms with Crippen LogP contribution in [0.2, 0.25) is 0 Å². The van der Waals surface area contributed by atoms with E-state index in [0.29, 0.717) is 23.4 Å². The molecule has 1 N–H and O–H groups in total. The van der Waals surface area contributed by atoms with E-state index < -0.39 is 12.1 Å². The summed E-state index contributed by atoms with van der Waals surface area (Å²) in [4.78, 5) is 27.3. The molecule has 1 unspecified atom stereocenters. The molecule has 0 fully saturated rings. The summed E-state index contributed by atoms with van der Waals surface area (Å²) in [5.74, 6) is -0.454. The van der Waals surface area contributed by atoms with Crippen molar-refractivity contribution >= 4 is 28.9 Å². The lowest BCUT2D eigenvalue weighted by molar-refractivity contribution is -0.116. The molecule has 0 bridgehead atoms. The fraction of sp³-hybridized carbons (Fsp3) is 0.520. The number of aryl methyl sites for hydroxylation is 1. The number of amides is 1. The number of thiophene rings is 1. The highest BCUT2D eigenvalue weighted by Crippen LogP contribution is 2.27. The average Bonchev–Trinajstić information content (AvgIpc) is 3.26. The number of rotatable bonds is 14. The van der Waals surface area contributed by atoms with Crippen molar-refractivity contribution in [2.45, 2.75) is 65.0 Å². The van der Waals surface area contributed by atoms with Gasteiger partial charge in [0.15, 0.2) is 0 Å². The second-order valence-corrected chi connectivity index (χ2v) is 8.98. The van der Waals surface area contributed by atoms with Crippen molar-refractivity contribution in [2.24, 2.45) is 0 Å². The van der Waals surface area contributed by atoms with Gasteiger partial charge in [0.1, 0.15) is 17.7 Å². The molecule has 2 rings (SSSR count). The van der Waals surface area contributed by atoms with Crippen molar-refractivity contribution < 1.29 is 23.8 Å². The van der Waals surface area contributed by atoms with Crippen LogP contribution in [0.1, 0.15) is 78.7 Å². The number of halogens is 1. The predicted molar refractivity (Wildman–Crippen MR) is 127 cm³/mol. The minimum absolute atomic E-state index is 0.00122.